The van der Waals surface area contributed by atoms with Gasteiger partial charge in [0, 0.05) is 5.71 Å². The topological polar surface area (TPSA) is 29.4 Å². The number of hydrogen-bond acceptors (Lipinski definition) is 1. The first-order valence-electron chi connectivity index (χ1n) is 3.03. The van der Waals surface area contributed by atoms with E-state index in [2.05, 4.69) is 20.9 Å². The molecule has 0 aromatic rings. The Morgan fingerprint density at radius 3 is 2.70 bits per heavy atom. The molecule has 0 saturated carbocycles. The van der Waals surface area contributed by atoms with Gasteiger partial charge in [-0.15, -0.1) is 0 Å². The van der Waals surface area contributed by atoms with Gasteiger partial charge in [-0.3, -0.25) is 4.79 Å². The summed E-state index contributed by atoms with van der Waals surface area (Å²) in [5, 5.41) is 0. The molecule has 54 valence electrons. The molecule has 0 radical (unpaired) electrons. The van der Waals surface area contributed by atoms with Gasteiger partial charge >= 0.3 is 0 Å². The molecule has 1 rings (SSSR count). The number of alkyl halides is 1. The van der Waals surface area contributed by atoms with Crippen molar-refractivity contribution < 1.29 is 4.79 Å². The molecule has 0 saturated heterocycles. The average Bonchev–Trinajstić information content (AvgIpc) is 1.84. The van der Waals surface area contributed by atoms with Crippen LogP contribution in [0.3, 0.4) is 0 Å². The largest absolute Gasteiger partial charge is 0.271 e. The fraction of sp³-hybridized carbons (Fsp3) is 0.429. The van der Waals surface area contributed by atoms with Gasteiger partial charge in [0.25, 0.3) is 5.91 Å². The van der Waals surface area contributed by atoms with Crippen LogP contribution in [0.2, 0.25) is 0 Å². The van der Waals surface area contributed by atoms with Crippen LogP contribution in [-0.4, -0.2) is 16.4 Å². The van der Waals surface area contributed by atoms with Crippen LogP contribution >= 0.6 is 15.9 Å². The van der Waals surface area contributed by atoms with Gasteiger partial charge in [-0.1, -0.05) is 22.0 Å². The number of dihydropyridines is 1. The van der Waals surface area contributed by atoms with Crippen LogP contribution in [-0.2, 0) is 4.79 Å². The fourth-order valence-corrected chi connectivity index (χ4v) is 1.23. The van der Waals surface area contributed by atoms with Crippen molar-refractivity contribution in [3.05, 3.63) is 11.6 Å². The molecule has 10 heavy (non-hydrogen) atoms. The van der Waals surface area contributed by atoms with E-state index in [1.165, 1.54) is 0 Å². The SMILES string of the molecule is CC1=CC(Br)C(=O)N=C1C. The zero-order valence-electron chi connectivity index (χ0n) is 5.89. The lowest BCUT2D eigenvalue weighted by atomic mass is 10.1. The molecular formula is C7H8BrNO. The second kappa shape index (κ2) is 2.66. The molecule has 0 bridgehead atoms. The smallest absolute Gasteiger partial charge is 0.263 e. The maximum Gasteiger partial charge on any atom is 0.263 e. The third-order valence-electron chi connectivity index (χ3n) is 1.48. The molecule has 0 N–H and O–H groups in total. The van der Waals surface area contributed by atoms with Gasteiger partial charge in [-0.25, -0.2) is 4.99 Å². The highest BCUT2D eigenvalue weighted by molar-refractivity contribution is 9.10. The van der Waals surface area contributed by atoms with Crippen LogP contribution in [0.25, 0.3) is 0 Å². The quantitative estimate of drug-likeness (QED) is 0.549. The molecule has 1 amide bonds. The Labute approximate surface area is 68.2 Å². The van der Waals surface area contributed by atoms with Gasteiger partial charge in [-0.05, 0) is 19.4 Å². The van der Waals surface area contributed by atoms with Crippen molar-refractivity contribution in [1.82, 2.24) is 0 Å². The molecule has 2 nitrogen and oxygen atoms in total. The molecule has 0 fully saturated rings. The highest BCUT2D eigenvalue weighted by Crippen LogP contribution is 2.14. The number of amides is 1. The van der Waals surface area contributed by atoms with E-state index >= 15 is 0 Å². The lowest BCUT2D eigenvalue weighted by Gasteiger charge is -2.09. The second-order valence-corrected chi connectivity index (χ2v) is 3.27. The molecule has 0 aliphatic carbocycles. The molecule has 1 aliphatic heterocycles. The number of halogens is 1. The number of carbonyl (C=O) groups excluding carboxylic acids is 1. The first kappa shape index (κ1) is 7.66. The average molecular weight is 202 g/mol. The van der Waals surface area contributed by atoms with Gasteiger partial charge in [0.15, 0.2) is 0 Å². The van der Waals surface area contributed by atoms with Crippen LogP contribution in [0.4, 0.5) is 0 Å². The Balaban J connectivity index is 2.94. The Morgan fingerprint density at radius 2 is 2.20 bits per heavy atom. The van der Waals surface area contributed by atoms with Crippen LogP contribution in [0.1, 0.15) is 13.8 Å². The molecular weight excluding hydrogens is 194 g/mol. The highest BCUT2D eigenvalue weighted by atomic mass is 79.9. The van der Waals surface area contributed by atoms with E-state index in [0.717, 1.165) is 11.3 Å². The summed E-state index contributed by atoms with van der Waals surface area (Å²) in [4.78, 5) is 14.5. The lowest BCUT2D eigenvalue weighted by molar-refractivity contribution is -0.116. The zero-order valence-corrected chi connectivity index (χ0v) is 7.47. The molecule has 1 aliphatic rings. The lowest BCUT2D eigenvalue weighted by Crippen LogP contribution is -2.17. The summed E-state index contributed by atoms with van der Waals surface area (Å²) in [6.07, 6.45) is 1.87. The zero-order chi connectivity index (χ0) is 7.72. The summed E-state index contributed by atoms with van der Waals surface area (Å²) in [5.74, 6) is -0.108. The Bertz CT molecular complexity index is 230. The number of aliphatic imine (C=N–C) groups is 1. The van der Waals surface area contributed by atoms with Crippen molar-refractivity contribution in [3.8, 4) is 0 Å². The van der Waals surface area contributed by atoms with E-state index in [1.54, 1.807) is 0 Å². The second-order valence-electron chi connectivity index (χ2n) is 2.29. The number of nitrogens with zero attached hydrogens (tertiary/aromatic N) is 1. The van der Waals surface area contributed by atoms with Crippen molar-refractivity contribution in [3.63, 3.8) is 0 Å². The summed E-state index contributed by atoms with van der Waals surface area (Å²) < 4.78 is 0. The minimum atomic E-state index is -0.212. The fourth-order valence-electron chi connectivity index (χ4n) is 0.727. The molecule has 1 atom stereocenters. The monoisotopic (exact) mass is 201 g/mol. The van der Waals surface area contributed by atoms with Crippen molar-refractivity contribution in [2.75, 3.05) is 0 Å². The summed E-state index contributed by atoms with van der Waals surface area (Å²) in [6.45, 7) is 3.78. The van der Waals surface area contributed by atoms with E-state index in [0.29, 0.717) is 0 Å². The van der Waals surface area contributed by atoms with Crippen LogP contribution in [0.5, 0.6) is 0 Å². The first-order valence-corrected chi connectivity index (χ1v) is 3.95. The van der Waals surface area contributed by atoms with Gasteiger partial charge in [0.1, 0.15) is 4.83 Å². The van der Waals surface area contributed by atoms with Crippen molar-refractivity contribution >= 4 is 27.5 Å². The first-order chi connectivity index (χ1) is 4.61. The number of carbonyl (C=O) groups is 1. The van der Waals surface area contributed by atoms with Gasteiger partial charge < -0.3 is 0 Å². The predicted molar refractivity (Wildman–Crippen MR) is 44.6 cm³/mol. The highest BCUT2D eigenvalue weighted by Gasteiger charge is 2.16. The summed E-state index contributed by atoms with van der Waals surface area (Å²) in [7, 11) is 0. The predicted octanol–water partition coefficient (Wildman–Crippen LogP) is 1.70. The van der Waals surface area contributed by atoms with Gasteiger partial charge in [0.05, 0.1) is 0 Å². The van der Waals surface area contributed by atoms with Crippen molar-refractivity contribution in [2.24, 2.45) is 4.99 Å². The number of hydrogen-bond donors (Lipinski definition) is 0. The van der Waals surface area contributed by atoms with Crippen molar-refractivity contribution in [1.29, 1.82) is 0 Å². The van der Waals surface area contributed by atoms with Crippen LogP contribution < -0.4 is 0 Å². The maximum absolute atomic E-state index is 10.9. The van der Waals surface area contributed by atoms with Gasteiger partial charge in [0.2, 0.25) is 0 Å². The standard InChI is InChI=1S/C7H8BrNO/c1-4-3-6(8)7(10)9-5(4)2/h3,6H,1-2H3. The summed E-state index contributed by atoms with van der Waals surface area (Å²) >= 11 is 3.19. The van der Waals surface area contributed by atoms with Crippen LogP contribution in [0, 0.1) is 0 Å². The minimum absolute atomic E-state index is 0.108. The molecule has 3 heteroatoms. The van der Waals surface area contributed by atoms with E-state index in [4.69, 9.17) is 0 Å². The summed E-state index contributed by atoms with van der Waals surface area (Å²) in [5.41, 5.74) is 1.89. The normalized spacial score (nSPS) is 25.9. The van der Waals surface area contributed by atoms with E-state index in [1.807, 2.05) is 19.9 Å². The number of allylic oxidation sites excluding steroid dienone is 1. The molecule has 0 spiro atoms. The third-order valence-corrected chi connectivity index (χ3v) is 2.14. The number of rotatable bonds is 0. The molecule has 0 aromatic heterocycles. The van der Waals surface area contributed by atoms with Gasteiger partial charge in [-0.2, -0.15) is 0 Å². The minimum Gasteiger partial charge on any atom is -0.271 e. The Morgan fingerprint density at radius 1 is 1.60 bits per heavy atom. The Kier molecular flexibility index (Phi) is 2.04. The Hall–Kier alpha value is -0.440. The van der Waals surface area contributed by atoms with Crippen molar-refractivity contribution in [2.45, 2.75) is 18.7 Å². The third kappa shape index (κ3) is 1.34. The summed E-state index contributed by atoms with van der Waals surface area (Å²) in [6, 6.07) is 0. The van der Waals surface area contributed by atoms with E-state index < -0.39 is 0 Å². The molecule has 1 heterocycles. The van der Waals surface area contributed by atoms with E-state index in [-0.39, 0.29) is 10.7 Å². The van der Waals surface area contributed by atoms with E-state index in [9.17, 15) is 4.79 Å². The maximum atomic E-state index is 10.9. The molecule has 1 unspecified atom stereocenters. The molecule has 0 aromatic carbocycles. The van der Waals surface area contributed by atoms with Crippen LogP contribution in [0.15, 0.2) is 16.6 Å².